The number of amides is 7. The average Bonchev–Trinajstić information content (AvgIpc) is 3.18. The van der Waals surface area contributed by atoms with E-state index < -0.39 is 169 Å². The summed E-state index contributed by atoms with van der Waals surface area (Å²) in [6.45, 7) is 7.63. The van der Waals surface area contributed by atoms with E-state index in [4.69, 9.17) is 4.74 Å². The summed E-state index contributed by atoms with van der Waals surface area (Å²) in [5.74, 6) is -13.9. The number of carbonyl (C=O) groups excluding carboxylic acids is 8. The Morgan fingerprint density at radius 2 is 1.06 bits per heavy atom. The number of aliphatic hydroxyl groups excluding tert-OH is 4. The lowest BCUT2D eigenvalue weighted by molar-refractivity contribution is -0.205. The maximum atomic E-state index is 14.7. The van der Waals surface area contributed by atoms with Crippen molar-refractivity contribution in [3.63, 3.8) is 0 Å². The topological polar surface area (TPSA) is 423 Å². The number of ketones is 1. The Morgan fingerprint density at radius 1 is 0.544 bits per heavy atom. The van der Waals surface area contributed by atoms with Crippen LogP contribution in [-0.4, -0.2) is 186 Å². The minimum Gasteiger partial charge on any atom is -0.481 e. The molecule has 0 aliphatic carbocycles. The first-order chi connectivity index (χ1) is 42.7. The van der Waals surface area contributed by atoms with E-state index in [9.17, 15) is 88.5 Å². The van der Waals surface area contributed by atoms with Gasteiger partial charge in [-0.1, -0.05) is 127 Å². The second kappa shape index (κ2) is 38.0. The van der Waals surface area contributed by atoms with Crippen LogP contribution in [0.2, 0.25) is 0 Å². The van der Waals surface area contributed by atoms with E-state index in [0.29, 0.717) is 42.6 Å². The van der Waals surface area contributed by atoms with Crippen LogP contribution in [0.25, 0.3) is 0 Å². The van der Waals surface area contributed by atoms with Crippen molar-refractivity contribution in [1.82, 2.24) is 37.2 Å². The highest BCUT2D eigenvalue weighted by molar-refractivity contribution is 7.99. The lowest BCUT2D eigenvalue weighted by Gasteiger charge is -2.39. The number of aliphatic hydroxyl groups is 4. The van der Waals surface area contributed by atoms with E-state index in [1.165, 1.54) is 23.9 Å². The lowest BCUT2D eigenvalue weighted by atomic mass is 9.90. The van der Waals surface area contributed by atoms with Crippen LogP contribution in [0.5, 0.6) is 0 Å². The molecule has 1 aliphatic heterocycles. The van der Waals surface area contributed by atoms with Gasteiger partial charge in [-0.05, 0) is 78.5 Å². The number of carboxylic acids is 3. The predicted molar refractivity (Wildman–Crippen MR) is 329 cm³/mol. The van der Waals surface area contributed by atoms with Crippen molar-refractivity contribution >= 4 is 76.8 Å². The standard InChI is InChI=1S/C63H87N7O19S/c1-6-7-10-19-42(58(83)67-43(32-51(75)76)52(77)41(24-25-50(73)74)57(82)68-44(28-35(2)3)59(84)70-47(62(87)88)29-36(4)5)66-61(86)46(31-39-17-13-9-14-18-39)69-60(85)45(30-38-15-11-8-12-16-38)65-49(72)33-64-56(81)40-22-20-37(21-23-40)26-27-90-63-55(80)54(79)53(78)48(34-71)89-63/h8-9,11-18,20-23,35-36,41-48,53-55,63,71,78-80H,6-7,10,19,24-34H2,1-5H3,(H,64,81)(H,65,72)(H,66,86)(H,67,83)(H,68,82)(H,69,85)(H,70,84)(H,73,74)(H,75,76)(H,87,88). The molecule has 1 aliphatic rings. The van der Waals surface area contributed by atoms with E-state index in [2.05, 4.69) is 37.2 Å². The van der Waals surface area contributed by atoms with Crippen molar-refractivity contribution in [2.45, 2.75) is 178 Å². The SMILES string of the molecule is CCCCCC(NC(=O)C(Cc1ccccc1)NC(=O)C(Cc1ccccc1)NC(=O)CNC(=O)c1ccc(CCSC2OC(CO)C(O)C(O)C2O)cc1)C(=O)NC(CC(=O)O)C(=O)C(CCC(=O)O)C(=O)NC(CC(C)C)C(=O)NC(CC(C)C)C(=O)O. The van der Waals surface area contributed by atoms with Crippen LogP contribution in [0.3, 0.4) is 0 Å². The highest BCUT2D eigenvalue weighted by atomic mass is 32.2. The second-order valence-electron chi connectivity index (χ2n) is 23.1. The third-order valence-electron chi connectivity index (χ3n) is 14.7. The molecule has 90 heavy (non-hydrogen) atoms. The lowest BCUT2D eigenvalue weighted by Crippen LogP contribution is -2.59. The fourth-order valence-electron chi connectivity index (χ4n) is 9.88. The molecule has 7 amide bonds. The Hall–Kier alpha value is -7.82. The van der Waals surface area contributed by atoms with Crippen molar-refractivity contribution in [1.29, 1.82) is 0 Å². The number of rotatable bonds is 39. The minimum atomic E-state index is -2.00. The molecule has 26 nitrogen and oxygen atoms in total. The Bertz CT molecular complexity index is 2870. The molecule has 1 saturated heterocycles. The fourth-order valence-corrected chi connectivity index (χ4v) is 11.0. The number of benzene rings is 3. The maximum Gasteiger partial charge on any atom is 0.326 e. The molecule has 14 N–H and O–H groups in total. The molecule has 0 saturated carbocycles. The molecule has 1 heterocycles. The number of nitrogens with one attached hydrogen (secondary N) is 7. The summed E-state index contributed by atoms with van der Waals surface area (Å²) in [7, 11) is 0. The molecular formula is C63H87N7O19S. The van der Waals surface area contributed by atoms with E-state index in [1.807, 2.05) is 6.92 Å². The molecule has 494 valence electrons. The Labute approximate surface area is 526 Å². The predicted octanol–water partition coefficient (Wildman–Crippen LogP) is 1.17. The van der Waals surface area contributed by atoms with Crippen LogP contribution in [-0.2, 0) is 71.9 Å². The first-order valence-corrected chi connectivity index (χ1v) is 31.1. The van der Waals surface area contributed by atoms with Gasteiger partial charge in [0.05, 0.1) is 31.5 Å². The molecule has 1 fully saturated rings. The fraction of sp³-hybridized carbons (Fsp3) is 0.540. The van der Waals surface area contributed by atoms with Gasteiger partial charge in [-0.2, -0.15) is 0 Å². The molecule has 0 bridgehead atoms. The number of thioether (sulfide) groups is 1. The summed E-state index contributed by atoms with van der Waals surface area (Å²) in [6.07, 6.45) is -6.43. The van der Waals surface area contributed by atoms with Gasteiger partial charge in [0.2, 0.25) is 35.4 Å². The quantitative estimate of drug-likeness (QED) is 0.0281. The van der Waals surface area contributed by atoms with Gasteiger partial charge in [-0.25, -0.2) is 4.79 Å². The summed E-state index contributed by atoms with van der Waals surface area (Å²) >= 11 is 1.17. The first kappa shape index (κ1) is 74.6. The van der Waals surface area contributed by atoms with Crippen LogP contribution in [0.4, 0.5) is 0 Å². The van der Waals surface area contributed by atoms with Gasteiger partial charge in [0, 0.05) is 24.8 Å². The van der Waals surface area contributed by atoms with Crippen LogP contribution in [0, 0.1) is 17.8 Å². The Balaban J connectivity index is 1.55. The van der Waals surface area contributed by atoms with Crippen molar-refractivity contribution < 1.29 is 93.2 Å². The van der Waals surface area contributed by atoms with Gasteiger partial charge >= 0.3 is 17.9 Å². The van der Waals surface area contributed by atoms with Gasteiger partial charge in [-0.15, -0.1) is 11.8 Å². The van der Waals surface area contributed by atoms with Crippen molar-refractivity contribution in [2.24, 2.45) is 17.8 Å². The molecule has 12 unspecified atom stereocenters. The summed E-state index contributed by atoms with van der Waals surface area (Å²) in [5, 5.41) is 87.4. The minimum absolute atomic E-state index is 0.0360. The van der Waals surface area contributed by atoms with Crippen LogP contribution in [0.1, 0.15) is 119 Å². The zero-order valence-corrected chi connectivity index (χ0v) is 52.0. The number of unbranched alkanes of at least 4 members (excludes halogenated alkanes) is 2. The monoisotopic (exact) mass is 1280 g/mol. The summed E-state index contributed by atoms with van der Waals surface area (Å²) in [4.78, 5) is 149. The third kappa shape index (κ3) is 25.2. The highest BCUT2D eigenvalue weighted by Crippen LogP contribution is 2.29. The van der Waals surface area contributed by atoms with Crippen molar-refractivity contribution in [3.8, 4) is 0 Å². The van der Waals surface area contributed by atoms with Crippen molar-refractivity contribution in [2.75, 3.05) is 18.9 Å². The third-order valence-corrected chi connectivity index (χ3v) is 15.9. The summed E-state index contributed by atoms with van der Waals surface area (Å²) in [5.41, 5.74) is 1.23. The maximum absolute atomic E-state index is 14.7. The van der Waals surface area contributed by atoms with Gasteiger partial charge in [0.15, 0.2) is 5.78 Å². The Morgan fingerprint density at radius 3 is 1.59 bits per heavy atom. The largest absolute Gasteiger partial charge is 0.481 e. The number of carboxylic acid groups (broad SMARTS) is 3. The van der Waals surface area contributed by atoms with Gasteiger partial charge in [0.25, 0.3) is 5.91 Å². The van der Waals surface area contributed by atoms with Crippen LogP contribution < -0.4 is 37.2 Å². The van der Waals surface area contributed by atoms with E-state index in [-0.39, 0.29) is 49.5 Å². The number of carbonyl (C=O) groups is 11. The molecule has 4 rings (SSSR count). The van der Waals surface area contributed by atoms with E-state index in [0.717, 1.165) is 5.56 Å². The van der Waals surface area contributed by atoms with Gasteiger partial charge in [0.1, 0.15) is 60.1 Å². The molecule has 0 spiro atoms. The second-order valence-corrected chi connectivity index (χ2v) is 24.3. The van der Waals surface area contributed by atoms with Crippen LogP contribution >= 0.6 is 11.8 Å². The molecule has 0 radical (unpaired) electrons. The van der Waals surface area contributed by atoms with Gasteiger partial charge < -0.3 is 77.7 Å². The molecule has 0 aromatic heterocycles. The number of hydrogen-bond donors (Lipinski definition) is 14. The normalized spacial score (nSPS) is 18.7. The molecule has 27 heteroatoms. The number of hydrogen-bond acceptors (Lipinski definition) is 17. The molecule has 12 atom stereocenters. The molecule has 3 aromatic rings. The van der Waals surface area contributed by atoms with Crippen molar-refractivity contribution in [3.05, 3.63) is 107 Å². The smallest absolute Gasteiger partial charge is 0.326 e. The summed E-state index contributed by atoms with van der Waals surface area (Å²) in [6, 6.07) is 14.4. The van der Waals surface area contributed by atoms with Crippen LogP contribution in [0.15, 0.2) is 84.9 Å². The van der Waals surface area contributed by atoms with Gasteiger partial charge in [-0.3, -0.25) is 47.9 Å². The number of Topliss-reactive ketones (excluding diaryl/α,β-unsaturated/α-hetero) is 1. The zero-order chi connectivity index (χ0) is 66.6. The molecular weight excluding hydrogens is 1190 g/mol. The number of aliphatic carboxylic acids is 3. The first-order valence-electron chi connectivity index (χ1n) is 30.1. The molecule has 3 aromatic carbocycles. The summed E-state index contributed by atoms with van der Waals surface area (Å²) < 4.78 is 5.55. The number of ether oxygens (including phenoxy) is 1. The van der Waals surface area contributed by atoms with E-state index >= 15 is 0 Å². The Kier molecular flexibility index (Phi) is 31.5. The zero-order valence-electron chi connectivity index (χ0n) is 51.2. The highest BCUT2D eigenvalue weighted by Gasteiger charge is 2.44. The average molecular weight is 1280 g/mol. The number of aryl methyl sites for hydroxylation is 1. The van der Waals surface area contributed by atoms with E-state index in [1.54, 1.807) is 100 Å².